The molecule has 4 heterocycles. The van der Waals surface area contributed by atoms with Crippen LogP contribution in [0.2, 0.25) is 0 Å². The molecule has 0 atom stereocenters. The highest BCUT2D eigenvalue weighted by Gasteiger charge is 2.38. The second kappa shape index (κ2) is 10.2. The molecule has 0 saturated carbocycles. The summed E-state index contributed by atoms with van der Waals surface area (Å²) < 4.78 is 27.2. The molecule has 2 aromatic carbocycles. The fourth-order valence-electron chi connectivity index (χ4n) is 5.10. The minimum atomic E-state index is -3.49. The Morgan fingerprint density at radius 1 is 0.875 bits per heavy atom. The van der Waals surface area contributed by atoms with Gasteiger partial charge in [0, 0.05) is 49.8 Å². The first kappa shape index (κ1) is 26.8. The second-order valence-electron chi connectivity index (χ2n) is 11.4. The number of anilines is 6. The van der Waals surface area contributed by atoms with Gasteiger partial charge in [-0.2, -0.15) is 4.98 Å². The van der Waals surface area contributed by atoms with Gasteiger partial charge in [-0.25, -0.2) is 13.4 Å². The lowest BCUT2D eigenvalue weighted by atomic mass is 10.1. The fourth-order valence-corrected chi connectivity index (χ4v) is 7.29. The van der Waals surface area contributed by atoms with Gasteiger partial charge in [-0.1, -0.05) is 6.07 Å². The van der Waals surface area contributed by atoms with Gasteiger partial charge in [0.15, 0.2) is 0 Å². The van der Waals surface area contributed by atoms with Crippen molar-refractivity contribution in [1.82, 2.24) is 14.9 Å². The molecule has 6 rings (SSSR count). The Balaban J connectivity index is 1.25. The van der Waals surface area contributed by atoms with Crippen LogP contribution in [0.3, 0.4) is 0 Å². The van der Waals surface area contributed by atoms with Gasteiger partial charge in [0.25, 0.3) is 0 Å². The van der Waals surface area contributed by atoms with E-state index in [1.54, 1.807) is 36.4 Å². The zero-order valence-corrected chi connectivity index (χ0v) is 24.9. The maximum Gasteiger partial charge on any atom is 0.240 e. The SMILES string of the molecule is CN1CCN(c2ccc(Nc3nc(Nc4ccc5c(c4)N(S(=O)(=O)C(C)(C)C)CC5)c4ccsc4n3)cc2)CC1. The number of thiophene rings is 1. The Morgan fingerprint density at radius 3 is 2.33 bits per heavy atom. The van der Waals surface area contributed by atoms with Crippen LogP contribution in [0, 0.1) is 0 Å². The molecule has 2 N–H and O–H groups in total. The summed E-state index contributed by atoms with van der Waals surface area (Å²) in [5.41, 5.74) is 4.68. The molecule has 210 valence electrons. The van der Waals surface area contributed by atoms with Crippen LogP contribution < -0.4 is 19.8 Å². The summed E-state index contributed by atoms with van der Waals surface area (Å²) in [5, 5.41) is 9.72. The van der Waals surface area contributed by atoms with Crippen LogP contribution in [0.15, 0.2) is 53.9 Å². The zero-order valence-electron chi connectivity index (χ0n) is 23.3. The van der Waals surface area contributed by atoms with Crippen molar-refractivity contribution in [2.24, 2.45) is 0 Å². The molecule has 0 amide bonds. The van der Waals surface area contributed by atoms with Gasteiger partial charge in [0.05, 0.1) is 15.8 Å². The lowest BCUT2D eigenvalue weighted by Crippen LogP contribution is -2.44. The van der Waals surface area contributed by atoms with Crippen LogP contribution in [0.4, 0.5) is 34.5 Å². The lowest BCUT2D eigenvalue weighted by molar-refractivity contribution is 0.313. The second-order valence-corrected chi connectivity index (χ2v) is 14.9. The van der Waals surface area contributed by atoms with Crippen molar-refractivity contribution in [2.75, 3.05) is 59.6 Å². The number of nitrogens with zero attached hydrogens (tertiary/aromatic N) is 5. The zero-order chi connectivity index (χ0) is 28.1. The average Bonchev–Trinajstić information content (AvgIpc) is 3.56. The summed E-state index contributed by atoms with van der Waals surface area (Å²) >= 11 is 1.56. The van der Waals surface area contributed by atoms with Crippen LogP contribution in [-0.2, 0) is 16.4 Å². The number of nitrogens with one attached hydrogen (secondary N) is 2. The van der Waals surface area contributed by atoms with E-state index in [0.29, 0.717) is 24.7 Å². The van der Waals surface area contributed by atoms with Crippen molar-refractivity contribution in [1.29, 1.82) is 0 Å². The third-order valence-corrected chi connectivity index (χ3v) is 10.9. The summed E-state index contributed by atoms with van der Waals surface area (Å²) in [5.74, 6) is 1.17. The number of likely N-dealkylation sites (N-methyl/N-ethyl adjacent to an activating group) is 1. The van der Waals surface area contributed by atoms with E-state index >= 15 is 0 Å². The van der Waals surface area contributed by atoms with E-state index in [2.05, 4.69) is 51.7 Å². The molecule has 0 radical (unpaired) electrons. The fraction of sp³-hybridized carbons (Fsp3) is 0.379. The molecule has 2 aliphatic heterocycles. The van der Waals surface area contributed by atoms with Gasteiger partial charge in [-0.3, -0.25) is 4.31 Å². The smallest absolute Gasteiger partial charge is 0.240 e. The molecule has 0 spiro atoms. The average molecular weight is 578 g/mol. The molecule has 4 aromatic rings. The van der Waals surface area contributed by atoms with Crippen molar-refractivity contribution < 1.29 is 8.42 Å². The number of fused-ring (bicyclic) bond motifs is 2. The van der Waals surface area contributed by atoms with E-state index in [9.17, 15) is 8.42 Å². The summed E-state index contributed by atoms with van der Waals surface area (Å²) in [6.45, 7) is 9.87. The maximum atomic E-state index is 13.2. The van der Waals surface area contributed by atoms with Gasteiger partial charge in [-0.05, 0) is 87.6 Å². The molecule has 1 saturated heterocycles. The predicted molar refractivity (Wildman–Crippen MR) is 166 cm³/mol. The number of rotatable bonds is 6. The largest absolute Gasteiger partial charge is 0.369 e. The Morgan fingerprint density at radius 2 is 1.60 bits per heavy atom. The van der Waals surface area contributed by atoms with Gasteiger partial charge >= 0.3 is 0 Å². The van der Waals surface area contributed by atoms with Crippen molar-refractivity contribution in [3.05, 3.63) is 59.5 Å². The Bertz CT molecular complexity index is 1640. The van der Waals surface area contributed by atoms with Gasteiger partial charge in [-0.15, -0.1) is 11.3 Å². The first-order valence-electron chi connectivity index (χ1n) is 13.6. The van der Waals surface area contributed by atoms with Crippen molar-refractivity contribution >= 4 is 66.1 Å². The van der Waals surface area contributed by atoms with E-state index in [0.717, 1.165) is 59.0 Å². The topological polar surface area (TPSA) is 93.7 Å². The number of hydrogen-bond donors (Lipinski definition) is 2. The quantitative estimate of drug-likeness (QED) is 0.314. The van der Waals surface area contributed by atoms with E-state index < -0.39 is 14.8 Å². The Labute approximate surface area is 239 Å². The molecule has 40 heavy (non-hydrogen) atoms. The number of piperazine rings is 1. The number of sulfonamides is 1. The molecule has 2 aromatic heterocycles. The van der Waals surface area contributed by atoms with Gasteiger partial charge in [0.1, 0.15) is 10.6 Å². The van der Waals surface area contributed by atoms with Crippen molar-refractivity contribution in [3.63, 3.8) is 0 Å². The highest BCUT2D eigenvalue weighted by molar-refractivity contribution is 7.94. The van der Waals surface area contributed by atoms with Gasteiger partial charge in [0.2, 0.25) is 16.0 Å². The first-order valence-corrected chi connectivity index (χ1v) is 15.9. The van der Waals surface area contributed by atoms with Crippen LogP contribution in [0.5, 0.6) is 0 Å². The molecule has 2 aliphatic rings. The maximum absolute atomic E-state index is 13.2. The number of benzene rings is 2. The summed E-state index contributed by atoms with van der Waals surface area (Å²) in [7, 11) is -1.33. The normalized spacial score (nSPS) is 16.4. The standard InChI is InChI=1S/C29H35N7O2S2/c1-29(2,3)40(37,38)36-13-11-20-5-6-22(19-25(20)36)30-26-24-12-18-39-27(24)33-28(32-26)31-21-7-9-23(10-8-21)35-16-14-34(4)15-17-35/h5-10,12,18-19H,11,13-17H2,1-4H3,(H2,30,31,32,33). The van der Waals surface area contributed by atoms with Crippen LogP contribution in [-0.4, -0.2) is 67.8 Å². The Kier molecular flexibility index (Phi) is 6.84. The molecule has 11 heteroatoms. The van der Waals surface area contributed by atoms with Crippen molar-refractivity contribution in [2.45, 2.75) is 31.9 Å². The predicted octanol–water partition coefficient (Wildman–Crippen LogP) is 5.42. The highest BCUT2D eigenvalue weighted by atomic mass is 32.2. The number of hydrogen-bond acceptors (Lipinski definition) is 9. The lowest BCUT2D eigenvalue weighted by Gasteiger charge is -2.34. The molecule has 1 fully saturated rings. The van der Waals surface area contributed by atoms with Crippen molar-refractivity contribution in [3.8, 4) is 0 Å². The van der Waals surface area contributed by atoms with E-state index in [1.165, 1.54) is 5.69 Å². The molecule has 0 bridgehead atoms. The van der Waals surface area contributed by atoms with Crippen LogP contribution in [0.25, 0.3) is 10.2 Å². The summed E-state index contributed by atoms with van der Waals surface area (Å²) in [4.78, 5) is 15.2. The summed E-state index contributed by atoms with van der Waals surface area (Å²) in [6, 6.07) is 16.3. The minimum Gasteiger partial charge on any atom is -0.369 e. The number of aromatic nitrogens is 2. The molecular formula is C29H35N7O2S2. The first-order chi connectivity index (χ1) is 19.1. The minimum absolute atomic E-state index is 0.461. The summed E-state index contributed by atoms with van der Waals surface area (Å²) in [6.07, 6.45) is 0.703. The Hall–Kier alpha value is -3.41. The third-order valence-electron chi connectivity index (χ3n) is 7.58. The molecule has 0 aliphatic carbocycles. The third kappa shape index (κ3) is 5.09. The van der Waals surface area contributed by atoms with Gasteiger partial charge < -0.3 is 20.4 Å². The molecular weight excluding hydrogens is 543 g/mol. The van der Waals surface area contributed by atoms with Crippen LogP contribution >= 0.6 is 11.3 Å². The van der Waals surface area contributed by atoms with E-state index in [-0.39, 0.29) is 0 Å². The monoisotopic (exact) mass is 577 g/mol. The highest BCUT2D eigenvalue weighted by Crippen LogP contribution is 2.38. The van der Waals surface area contributed by atoms with Crippen LogP contribution in [0.1, 0.15) is 26.3 Å². The van der Waals surface area contributed by atoms with E-state index in [4.69, 9.17) is 9.97 Å². The molecule has 9 nitrogen and oxygen atoms in total. The molecule has 0 unspecified atom stereocenters. The van der Waals surface area contributed by atoms with E-state index in [1.807, 2.05) is 29.6 Å².